The molecule has 0 aliphatic carbocycles. The van der Waals surface area contributed by atoms with Gasteiger partial charge in [-0.05, 0) is 85.5 Å². The minimum Gasteiger partial charge on any atom is -0.406 e. The molecule has 0 spiro atoms. The Balaban J connectivity index is 1.50. The van der Waals surface area contributed by atoms with Crippen molar-refractivity contribution in [1.82, 2.24) is 10.2 Å². The maximum atomic E-state index is 13.1. The van der Waals surface area contributed by atoms with Crippen LogP contribution in [0, 0.1) is 12.8 Å². The molecule has 2 aromatic rings. The summed E-state index contributed by atoms with van der Waals surface area (Å²) in [5, 5.41) is 3.43. The van der Waals surface area contributed by atoms with Crippen LogP contribution >= 0.6 is 0 Å². The lowest BCUT2D eigenvalue weighted by Gasteiger charge is -2.31. The van der Waals surface area contributed by atoms with Crippen LogP contribution < -0.4 is 10.1 Å². The van der Waals surface area contributed by atoms with Crippen molar-refractivity contribution >= 4 is 5.91 Å². The van der Waals surface area contributed by atoms with E-state index in [1.807, 2.05) is 6.92 Å². The van der Waals surface area contributed by atoms with Gasteiger partial charge in [0.25, 0.3) is 5.91 Å². The molecule has 2 heterocycles. The molecule has 0 radical (unpaired) electrons. The van der Waals surface area contributed by atoms with E-state index in [1.54, 1.807) is 17.0 Å². The lowest BCUT2D eigenvalue weighted by molar-refractivity contribution is -0.274. The van der Waals surface area contributed by atoms with Gasteiger partial charge >= 0.3 is 6.36 Å². The number of alkyl halides is 3. The summed E-state index contributed by atoms with van der Waals surface area (Å²) < 4.78 is 41.0. The van der Waals surface area contributed by atoms with E-state index >= 15 is 0 Å². The van der Waals surface area contributed by atoms with Crippen LogP contribution in [0.15, 0.2) is 36.4 Å². The molecular weight excluding hydrogens is 417 g/mol. The number of hydrogen-bond donors (Lipinski definition) is 1. The summed E-state index contributed by atoms with van der Waals surface area (Å²) in [4.78, 5) is 14.8. The van der Waals surface area contributed by atoms with Gasteiger partial charge in [-0.15, -0.1) is 13.2 Å². The largest absolute Gasteiger partial charge is 0.573 e. The predicted octanol–water partition coefficient (Wildman–Crippen LogP) is 5.54. The molecule has 1 atom stereocenters. The first-order valence-corrected chi connectivity index (χ1v) is 11.2. The third-order valence-corrected chi connectivity index (χ3v) is 6.65. The van der Waals surface area contributed by atoms with E-state index in [2.05, 4.69) is 29.1 Å². The summed E-state index contributed by atoms with van der Waals surface area (Å²) in [6.07, 6.45) is -1.29. The molecule has 4 nitrogen and oxygen atoms in total. The maximum absolute atomic E-state index is 13.1. The molecule has 2 aromatic carbocycles. The van der Waals surface area contributed by atoms with Crippen molar-refractivity contribution in [3.05, 3.63) is 64.2 Å². The molecule has 2 aliphatic heterocycles. The zero-order valence-electron chi connectivity index (χ0n) is 18.5. The number of benzene rings is 2. The molecule has 1 N–H and O–H groups in total. The van der Waals surface area contributed by atoms with Crippen LogP contribution in [0.3, 0.4) is 0 Å². The molecule has 1 saturated heterocycles. The second-order valence-electron chi connectivity index (χ2n) is 8.83. The van der Waals surface area contributed by atoms with E-state index in [-0.39, 0.29) is 11.7 Å². The number of aryl methyl sites for hydroxylation is 1. The summed E-state index contributed by atoms with van der Waals surface area (Å²) in [6.45, 7) is 7.22. The monoisotopic (exact) mass is 446 g/mol. The number of ether oxygens (including phenoxy) is 1. The number of fused-ring (bicyclic) bond motifs is 1. The molecule has 172 valence electrons. The average Bonchev–Trinajstić information content (AvgIpc) is 3.05. The van der Waals surface area contributed by atoms with E-state index in [0.717, 1.165) is 41.8 Å². The highest BCUT2D eigenvalue weighted by molar-refractivity contribution is 5.99. The fraction of sp³-hybridized carbons (Fsp3) is 0.480. The van der Waals surface area contributed by atoms with Crippen molar-refractivity contribution in [2.24, 2.45) is 5.92 Å². The molecule has 0 saturated carbocycles. The first-order valence-electron chi connectivity index (χ1n) is 11.2. The smallest absolute Gasteiger partial charge is 0.406 e. The summed E-state index contributed by atoms with van der Waals surface area (Å²) in [5.41, 5.74) is 4.91. The normalized spacial score (nSPS) is 18.0. The molecule has 1 unspecified atom stereocenters. The zero-order valence-corrected chi connectivity index (χ0v) is 18.5. The number of rotatable bonds is 6. The van der Waals surface area contributed by atoms with Crippen molar-refractivity contribution in [3.63, 3.8) is 0 Å². The molecule has 7 heteroatoms. The number of carbonyl (C=O) groups is 1. The number of amides is 1. The van der Waals surface area contributed by atoms with Gasteiger partial charge < -0.3 is 15.0 Å². The molecular formula is C25H29F3N2O2. The Hall–Kier alpha value is -2.54. The lowest BCUT2D eigenvalue weighted by atomic mass is 9.78. The van der Waals surface area contributed by atoms with Gasteiger partial charge in [0.1, 0.15) is 5.75 Å². The van der Waals surface area contributed by atoms with E-state index in [0.29, 0.717) is 24.9 Å². The third-order valence-electron chi connectivity index (χ3n) is 6.65. The fourth-order valence-electron chi connectivity index (χ4n) is 5.20. The van der Waals surface area contributed by atoms with Gasteiger partial charge in [0, 0.05) is 18.7 Å². The highest BCUT2D eigenvalue weighted by Crippen LogP contribution is 2.37. The average molecular weight is 447 g/mol. The van der Waals surface area contributed by atoms with E-state index in [1.165, 1.54) is 30.5 Å². The van der Waals surface area contributed by atoms with E-state index < -0.39 is 6.36 Å². The Kier molecular flexibility index (Phi) is 6.47. The fourth-order valence-corrected chi connectivity index (χ4v) is 5.20. The van der Waals surface area contributed by atoms with E-state index in [9.17, 15) is 18.0 Å². The van der Waals surface area contributed by atoms with Crippen molar-refractivity contribution < 1.29 is 22.7 Å². The highest BCUT2D eigenvalue weighted by Gasteiger charge is 2.33. The van der Waals surface area contributed by atoms with Gasteiger partial charge in [-0.1, -0.05) is 31.2 Å². The van der Waals surface area contributed by atoms with Gasteiger partial charge in [0.05, 0.1) is 0 Å². The van der Waals surface area contributed by atoms with Crippen molar-refractivity contribution in [3.8, 4) is 5.75 Å². The number of hydrogen-bond acceptors (Lipinski definition) is 3. The molecule has 32 heavy (non-hydrogen) atoms. The highest BCUT2D eigenvalue weighted by atomic mass is 19.4. The summed E-state index contributed by atoms with van der Waals surface area (Å²) in [6, 6.07) is 10.1. The van der Waals surface area contributed by atoms with Crippen molar-refractivity contribution in [2.75, 3.05) is 13.1 Å². The third kappa shape index (κ3) is 4.93. The second kappa shape index (κ2) is 9.14. The van der Waals surface area contributed by atoms with E-state index in [4.69, 9.17) is 0 Å². The molecule has 2 aliphatic rings. The van der Waals surface area contributed by atoms with Crippen LogP contribution in [0.4, 0.5) is 13.2 Å². The maximum Gasteiger partial charge on any atom is 0.573 e. The lowest BCUT2D eigenvalue weighted by Crippen LogP contribution is -2.30. The molecule has 1 fully saturated rings. The van der Waals surface area contributed by atoms with Crippen LogP contribution in [-0.4, -0.2) is 30.3 Å². The Morgan fingerprint density at radius 3 is 2.47 bits per heavy atom. The number of piperidine rings is 1. The molecule has 1 amide bonds. The minimum atomic E-state index is -4.71. The Morgan fingerprint density at radius 1 is 1.16 bits per heavy atom. The summed E-state index contributed by atoms with van der Waals surface area (Å²) in [5.74, 6) is 0.867. The Labute approximate surface area is 186 Å². The van der Waals surface area contributed by atoms with Crippen LogP contribution in [0.5, 0.6) is 5.75 Å². The standard InChI is InChI=1S/C25H29F3N2O2/c1-3-22(18-8-10-29-11-9-18)19-12-16(2)23-20(13-19)15-30(24(23)31)14-17-4-6-21(7-5-17)32-25(26,27)28/h4-7,12-13,18,22,29H,3,8-11,14-15H2,1-2H3. The van der Waals surface area contributed by atoms with Crippen molar-refractivity contribution in [1.29, 1.82) is 0 Å². The second-order valence-corrected chi connectivity index (χ2v) is 8.83. The number of carbonyl (C=O) groups excluding carboxylic acids is 1. The zero-order chi connectivity index (χ0) is 22.9. The Bertz CT molecular complexity index is 966. The van der Waals surface area contributed by atoms with Crippen LogP contribution in [0.2, 0.25) is 0 Å². The molecule has 0 bridgehead atoms. The topological polar surface area (TPSA) is 41.6 Å². The number of halogens is 3. The molecule has 0 aromatic heterocycles. The first kappa shape index (κ1) is 22.6. The minimum absolute atomic E-state index is 0.0189. The number of nitrogens with zero attached hydrogens (tertiary/aromatic N) is 1. The Morgan fingerprint density at radius 2 is 1.84 bits per heavy atom. The van der Waals surface area contributed by atoms with Gasteiger partial charge in [0.15, 0.2) is 0 Å². The first-order chi connectivity index (χ1) is 15.2. The van der Waals surface area contributed by atoms with Gasteiger partial charge in [-0.25, -0.2) is 0 Å². The quantitative estimate of drug-likeness (QED) is 0.633. The van der Waals surface area contributed by atoms with Crippen LogP contribution in [-0.2, 0) is 13.1 Å². The van der Waals surface area contributed by atoms with Gasteiger partial charge in [-0.3, -0.25) is 4.79 Å². The van der Waals surface area contributed by atoms with Gasteiger partial charge in [-0.2, -0.15) is 0 Å². The molecule has 4 rings (SSSR count). The number of nitrogens with one attached hydrogen (secondary N) is 1. The van der Waals surface area contributed by atoms with Crippen LogP contribution in [0.1, 0.15) is 64.7 Å². The SMILES string of the molecule is CCC(c1cc(C)c2c(c1)CN(Cc1ccc(OC(F)(F)F)cc1)C2=O)C1CCNCC1. The summed E-state index contributed by atoms with van der Waals surface area (Å²) in [7, 11) is 0. The van der Waals surface area contributed by atoms with Crippen LogP contribution in [0.25, 0.3) is 0 Å². The van der Waals surface area contributed by atoms with Gasteiger partial charge in [0.2, 0.25) is 0 Å². The predicted molar refractivity (Wildman–Crippen MR) is 117 cm³/mol. The summed E-state index contributed by atoms with van der Waals surface area (Å²) >= 11 is 0. The van der Waals surface area contributed by atoms with Crippen molar-refractivity contribution in [2.45, 2.75) is 58.5 Å².